The lowest BCUT2D eigenvalue weighted by Gasteiger charge is -2.23. The third-order valence-corrected chi connectivity index (χ3v) is 3.90. The molecule has 1 aliphatic heterocycles. The number of anilines is 1. The van der Waals surface area contributed by atoms with Gasteiger partial charge in [0, 0.05) is 22.4 Å². The van der Waals surface area contributed by atoms with Crippen LogP contribution in [0.3, 0.4) is 0 Å². The quantitative estimate of drug-likeness (QED) is 0.837. The van der Waals surface area contributed by atoms with Crippen molar-refractivity contribution >= 4 is 17.6 Å². The molecule has 24 heavy (non-hydrogen) atoms. The molecular weight excluding hydrogens is 302 g/mol. The monoisotopic (exact) mass is 323 g/mol. The molecule has 1 heterocycles. The van der Waals surface area contributed by atoms with Crippen LogP contribution in [0.2, 0.25) is 0 Å². The number of hydrogen-bond acceptors (Lipinski definition) is 3. The zero-order valence-electron chi connectivity index (χ0n) is 14.1. The van der Waals surface area contributed by atoms with Crippen molar-refractivity contribution < 1.29 is 14.3 Å². The second-order valence-corrected chi connectivity index (χ2v) is 7.24. The largest absolute Gasteiger partial charge is 0.452 e. The zero-order valence-corrected chi connectivity index (χ0v) is 14.1. The summed E-state index contributed by atoms with van der Waals surface area (Å²) in [5.74, 6) is -0.459. The van der Waals surface area contributed by atoms with Gasteiger partial charge in [0.05, 0.1) is 6.42 Å². The van der Waals surface area contributed by atoms with Crippen molar-refractivity contribution in [3.63, 3.8) is 0 Å². The molecule has 0 aromatic heterocycles. The summed E-state index contributed by atoms with van der Waals surface area (Å²) in [4.78, 5) is 24.9. The molecule has 1 unspecified atom stereocenters. The lowest BCUT2D eigenvalue weighted by atomic mass is 9.92. The van der Waals surface area contributed by atoms with Crippen molar-refractivity contribution in [3.05, 3.63) is 65.2 Å². The van der Waals surface area contributed by atoms with Crippen LogP contribution in [0.1, 0.15) is 54.8 Å². The molecule has 2 aromatic carbocycles. The smallest absolute Gasteiger partial charge is 0.307 e. The van der Waals surface area contributed by atoms with Crippen LogP contribution in [0.25, 0.3) is 0 Å². The highest BCUT2D eigenvalue weighted by molar-refractivity contribution is 6.07. The van der Waals surface area contributed by atoms with Gasteiger partial charge in [-0.25, -0.2) is 0 Å². The minimum Gasteiger partial charge on any atom is -0.452 e. The minimum atomic E-state index is -0.591. The van der Waals surface area contributed by atoms with Crippen LogP contribution in [0.15, 0.2) is 48.5 Å². The molecule has 124 valence electrons. The molecule has 3 rings (SSSR count). The first kappa shape index (κ1) is 16.2. The summed E-state index contributed by atoms with van der Waals surface area (Å²) < 4.78 is 5.82. The van der Waals surface area contributed by atoms with Gasteiger partial charge >= 0.3 is 5.97 Å². The third kappa shape index (κ3) is 3.32. The van der Waals surface area contributed by atoms with Crippen LogP contribution in [0.5, 0.6) is 0 Å². The average molecular weight is 323 g/mol. The molecule has 1 amide bonds. The van der Waals surface area contributed by atoms with Gasteiger partial charge in [-0.05, 0) is 17.5 Å². The fraction of sp³-hybridized carbons (Fsp3) is 0.300. The lowest BCUT2D eigenvalue weighted by molar-refractivity contribution is -0.149. The van der Waals surface area contributed by atoms with Gasteiger partial charge in [0.15, 0.2) is 6.10 Å². The summed E-state index contributed by atoms with van der Waals surface area (Å²) in [6.45, 7) is 5.98. The number of carbonyl (C=O) groups is 2. The number of benzene rings is 2. The van der Waals surface area contributed by atoms with E-state index >= 15 is 0 Å². The molecule has 0 saturated carbocycles. The Bertz CT molecular complexity index is 789. The van der Waals surface area contributed by atoms with E-state index in [0.29, 0.717) is 23.2 Å². The SMILES string of the molecule is CC(C)(C)CC(=O)OC1c2ccccc2NC(=O)c2ccccc21. The Hall–Kier alpha value is -2.62. The Morgan fingerprint density at radius 1 is 1.04 bits per heavy atom. The number of amides is 1. The molecule has 1 N–H and O–H groups in total. The fourth-order valence-corrected chi connectivity index (χ4v) is 2.86. The van der Waals surface area contributed by atoms with Gasteiger partial charge in [0.25, 0.3) is 5.91 Å². The first-order chi connectivity index (χ1) is 11.3. The molecule has 4 heteroatoms. The predicted octanol–water partition coefficient (Wildman–Crippen LogP) is 4.32. The van der Waals surface area contributed by atoms with E-state index in [2.05, 4.69) is 5.32 Å². The predicted molar refractivity (Wildman–Crippen MR) is 92.8 cm³/mol. The lowest BCUT2D eigenvalue weighted by Crippen LogP contribution is -2.19. The molecule has 2 aromatic rings. The van der Waals surface area contributed by atoms with Gasteiger partial charge in [-0.15, -0.1) is 0 Å². The Morgan fingerprint density at radius 3 is 2.38 bits per heavy atom. The van der Waals surface area contributed by atoms with Crippen LogP contribution in [-0.4, -0.2) is 11.9 Å². The third-order valence-electron chi connectivity index (χ3n) is 3.90. The van der Waals surface area contributed by atoms with Gasteiger partial charge in [-0.2, -0.15) is 0 Å². The second-order valence-electron chi connectivity index (χ2n) is 7.24. The van der Waals surface area contributed by atoms with Crippen LogP contribution in [0, 0.1) is 5.41 Å². The highest BCUT2D eigenvalue weighted by Crippen LogP contribution is 2.37. The molecule has 1 atom stereocenters. The van der Waals surface area contributed by atoms with Crippen molar-refractivity contribution in [1.82, 2.24) is 0 Å². The summed E-state index contributed by atoms with van der Waals surface area (Å²) in [7, 11) is 0. The second kappa shape index (κ2) is 6.11. The standard InChI is InChI=1S/C20H21NO3/c1-20(2,3)12-17(22)24-18-13-8-4-5-9-14(13)19(23)21-16-11-7-6-10-15(16)18/h4-11,18H,12H2,1-3H3,(H,21,23). The molecule has 4 nitrogen and oxygen atoms in total. The molecule has 0 bridgehead atoms. The Morgan fingerprint density at radius 2 is 1.67 bits per heavy atom. The van der Waals surface area contributed by atoms with Crippen molar-refractivity contribution in [3.8, 4) is 0 Å². The van der Waals surface area contributed by atoms with Crippen molar-refractivity contribution in [2.75, 3.05) is 5.32 Å². The van der Waals surface area contributed by atoms with E-state index in [0.717, 1.165) is 5.56 Å². The maximum Gasteiger partial charge on any atom is 0.307 e. The van der Waals surface area contributed by atoms with Gasteiger partial charge in [0.2, 0.25) is 0 Å². The molecule has 1 aliphatic rings. The minimum absolute atomic E-state index is 0.158. The summed E-state index contributed by atoms with van der Waals surface area (Å²) in [5, 5.41) is 2.90. The van der Waals surface area contributed by atoms with Crippen LogP contribution in [0.4, 0.5) is 5.69 Å². The number of carbonyl (C=O) groups excluding carboxylic acids is 2. The van der Waals surface area contributed by atoms with Gasteiger partial charge in [-0.3, -0.25) is 9.59 Å². The fourth-order valence-electron chi connectivity index (χ4n) is 2.86. The number of rotatable bonds is 2. The molecule has 0 saturated heterocycles. The van der Waals surface area contributed by atoms with Crippen molar-refractivity contribution in [2.24, 2.45) is 5.41 Å². The van der Waals surface area contributed by atoms with E-state index in [1.807, 2.05) is 63.2 Å². The van der Waals surface area contributed by atoms with Crippen molar-refractivity contribution in [1.29, 1.82) is 0 Å². The summed E-state index contributed by atoms with van der Waals surface area (Å²) in [6.07, 6.45) is -0.277. The summed E-state index contributed by atoms with van der Waals surface area (Å²) >= 11 is 0. The van der Waals surface area contributed by atoms with E-state index in [9.17, 15) is 9.59 Å². The molecule has 0 aliphatic carbocycles. The first-order valence-electron chi connectivity index (χ1n) is 8.04. The Kier molecular flexibility index (Phi) is 4.14. The number of ether oxygens (including phenoxy) is 1. The van der Waals surface area contributed by atoms with E-state index in [1.165, 1.54) is 0 Å². The molecular formula is C20H21NO3. The molecule has 0 spiro atoms. The average Bonchev–Trinajstić information content (AvgIpc) is 2.62. The highest BCUT2D eigenvalue weighted by Gasteiger charge is 2.30. The topological polar surface area (TPSA) is 55.4 Å². The normalized spacial score (nSPS) is 16.5. The van der Waals surface area contributed by atoms with Crippen LogP contribution < -0.4 is 5.32 Å². The van der Waals surface area contributed by atoms with E-state index in [-0.39, 0.29) is 17.3 Å². The maximum absolute atomic E-state index is 12.5. The molecule has 0 fully saturated rings. The summed E-state index contributed by atoms with van der Waals surface area (Å²) in [5.41, 5.74) is 2.55. The van der Waals surface area contributed by atoms with E-state index < -0.39 is 6.10 Å². The Balaban J connectivity index is 2.05. The van der Waals surface area contributed by atoms with Crippen LogP contribution in [-0.2, 0) is 9.53 Å². The van der Waals surface area contributed by atoms with E-state index in [4.69, 9.17) is 4.74 Å². The highest BCUT2D eigenvalue weighted by atomic mass is 16.5. The number of nitrogens with one attached hydrogen (secondary N) is 1. The number of fused-ring (bicyclic) bond motifs is 2. The van der Waals surface area contributed by atoms with Gasteiger partial charge < -0.3 is 10.1 Å². The van der Waals surface area contributed by atoms with E-state index in [1.54, 1.807) is 6.07 Å². The number of para-hydroxylation sites is 1. The van der Waals surface area contributed by atoms with Crippen molar-refractivity contribution in [2.45, 2.75) is 33.3 Å². The first-order valence-corrected chi connectivity index (χ1v) is 8.04. The maximum atomic E-state index is 12.5. The van der Waals surface area contributed by atoms with Gasteiger partial charge in [0.1, 0.15) is 0 Å². The van der Waals surface area contributed by atoms with Crippen LogP contribution >= 0.6 is 0 Å². The number of esters is 1. The zero-order chi connectivity index (χ0) is 17.3. The molecule has 0 radical (unpaired) electrons. The summed E-state index contributed by atoms with van der Waals surface area (Å²) in [6, 6.07) is 14.7. The van der Waals surface area contributed by atoms with Gasteiger partial charge in [-0.1, -0.05) is 57.2 Å². The Labute approximate surface area is 141 Å². The number of hydrogen-bond donors (Lipinski definition) is 1.